The molecule has 4 heterocycles. The normalized spacial score (nSPS) is 12.1. The molecule has 11 aromatic rings. The molecular weight excluding hydrogens is 617 g/mol. The van der Waals surface area contributed by atoms with Crippen molar-refractivity contribution in [2.24, 2.45) is 0 Å². The third kappa shape index (κ3) is 3.79. The van der Waals surface area contributed by atoms with E-state index in [9.17, 15) is 0 Å². The molecule has 0 saturated carbocycles. The molecule has 4 aromatic heterocycles. The van der Waals surface area contributed by atoms with Gasteiger partial charge in [0.15, 0.2) is 5.82 Å². The fourth-order valence-electron chi connectivity index (χ4n) is 7.76. The minimum absolute atomic E-state index is 0.824. The molecule has 0 unspecified atom stereocenters. The molecule has 11 rings (SSSR count). The van der Waals surface area contributed by atoms with E-state index in [1.54, 1.807) is 0 Å². The number of hydrogen-bond donors (Lipinski definition) is 0. The summed E-state index contributed by atoms with van der Waals surface area (Å²) in [7, 11) is 0. The number of benzene rings is 7. The molecule has 0 fully saturated rings. The van der Waals surface area contributed by atoms with Crippen molar-refractivity contribution in [1.29, 1.82) is 0 Å². The summed E-state index contributed by atoms with van der Waals surface area (Å²) in [5, 5.41) is 7.55. The van der Waals surface area contributed by atoms with Gasteiger partial charge in [0.1, 0.15) is 5.69 Å². The summed E-state index contributed by atoms with van der Waals surface area (Å²) < 4.78 is 7.40. The van der Waals surface area contributed by atoms with Gasteiger partial charge in [-0.15, -0.1) is 11.3 Å². The maximum absolute atomic E-state index is 5.36. The van der Waals surface area contributed by atoms with E-state index in [0.29, 0.717) is 0 Å². The molecule has 228 valence electrons. The fourth-order valence-corrected chi connectivity index (χ4v) is 9.02. The van der Waals surface area contributed by atoms with Crippen molar-refractivity contribution in [3.05, 3.63) is 158 Å². The molecule has 0 aliphatic carbocycles. The molecule has 5 heteroatoms. The number of para-hydroxylation sites is 4. The lowest BCUT2D eigenvalue weighted by Crippen LogP contribution is -2.03. The third-order valence-electron chi connectivity index (χ3n) is 9.89. The van der Waals surface area contributed by atoms with E-state index in [1.807, 2.05) is 35.6 Å². The fraction of sp³-hybridized carbons (Fsp3) is 0. The van der Waals surface area contributed by atoms with Crippen LogP contribution < -0.4 is 0 Å². The Morgan fingerprint density at radius 2 is 1.10 bits per heavy atom. The summed E-state index contributed by atoms with van der Waals surface area (Å²) in [5.41, 5.74) is 9.36. The molecule has 0 spiro atoms. The molecular formula is C44H26N4S. The highest BCUT2D eigenvalue weighted by Gasteiger charge is 2.23. The van der Waals surface area contributed by atoms with Gasteiger partial charge in [-0.25, -0.2) is 9.97 Å². The van der Waals surface area contributed by atoms with Crippen molar-refractivity contribution in [2.45, 2.75) is 0 Å². The van der Waals surface area contributed by atoms with Crippen LogP contribution in [0, 0.1) is 0 Å². The molecule has 4 nitrogen and oxygen atoms in total. The van der Waals surface area contributed by atoms with Gasteiger partial charge in [-0.2, -0.15) is 0 Å². The lowest BCUT2D eigenvalue weighted by atomic mass is 10.1. The van der Waals surface area contributed by atoms with Crippen molar-refractivity contribution in [2.75, 3.05) is 0 Å². The number of nitrogens with zero attached hydrogens (tertiary/aromatic N) is 4. The van der Waals surface area contributed by atoms with E-state index < -0.39 is 0 Å². The standard InChI is InChI=1S/C44H26N4S/c1-3-13-27(14-4-1)42-44(46-35-20-10-9-19-34(35)45-42)48-36-21-11-7-17-29(36)32-25-33-39(26-38(32)48)47(28-15-5-2-6-16-28)37-24-23-31-30-18-8-12-22-40(30)49-43(31)41(33)37/h1-26H. The SMILES string of the molecule is c1ccc(-c2nc3ccccc3nc2-n2c3ccccc3c3cc4c5c6sc7ccccc7c6ccc5n(-c5ccccc5)c4cc32)cc1. The van der Waals surface area contributed by atoms with Crippen LogP contribution in [0.3, 0.4) is 0 Å². The Hall–Kier alpha value is -6.30. The van der Waals surface area contributed by atoms with Gasteiger partial charge in [-0.05, 0) is 54.6 Å². The number of hydrogen-bond acceptors (Lipinski definition) is 3. The van der Waals surface area contributed by atoms with E-state index in [-0.39, 0.29) is 0 Å². The smallest absolute Gasteiger partial charge is 0.165 e. The van der Waals surface area contributed by atoms with Crippen molar-refractivity contribution in [3.8, 4) is 22.8 Å². The van der Waals surface area contributed by atoms with Crippen molar-refractivity contribution in [1.82, 2.24) is 19.1 Å². The van der Waals surface area contributed by atoms with Crippen LogP contribution in [0.15, 0.2) is 158 Å². The van der Waals surface area contributed by atoms with Crippen LogP contribution in [-0.4, -0.2) is 19.1 Å². The van der Waals surface area contributed by atoms with E-state index in [1.165, 1.54) is 47.2 Å². The van der Waals surface area contributed by atoms with Crippen molar-refractivity contribution < 1.29 is 0 Å². The first kappa shape index (κ1) is 26.7. The average molecular weight is 643 g/mol. The lowest BCUT2D eigenvalue weighted by Gasteiger charge is -2.14. The second-order valence-electron chi connectivity index (χ2n) is 12.6. The number of rotatable bonds is 3. The largest absolute Gasteiger partial charge is 0.309 e. The molecule has 0 aliphatic heterocycles. The van der Waals surface area contributed by atoms with E-state index in [2.05, 4.69) is 143 Å². The minimum Gasteiger partial charge on any atom is -0.309 e. The lowest BCUT2D eigenvalue weighted by molar-refractivity contribution is 1.08. The highest BCUT2D eigenvalue weighted by Crippen LogP contribution is 2.46. The Morgan fingerprint density at radius 3 is 1.94 bits per heavy atom. The molecule has 0 N–H and O–H groups in total. The quantitative estimate of drug-likeness (QED) is 0.192. The summed E-state index contributed by atoms with van der Waals surface area (Å²) in [6.07, 6.45) is 0. The topological polar surface area (TPSA) is 35.6 Å². The number of thiophene rings is 1. The first-order chi connectivity index (χ1) is 24.3. The zero-order chi connectivity index (χ0) is 32.1. The number of fused-ring (bicyclic) bond motifs is 11. The highest BCUT2D eigenvalue weighted by atomic mass is 32.1. The molecule has 7 aromatic carbocycles. The van der Waals surface area contributed by atoms with Gasteiger partial charge in [-0.1, -0.05) is 103 Å². The zero-order valence-corrected chi connectivity index (χ0v) is 27.0. The second kappa shape index (κ2) is 10.1. The monoisotopic (exact) mass is 642 g/mol. The Labute approximate surface area is 284 Å². The molecule has 0 bridgehead atoms. The van der Waals surface area contributed by atoms with Crippen LogP contribution in [0.4, 0.5) is 0 Å². The molecule has 0 atom stereocenters. The van der Waals surface area contributed by atoms with Crippen LogP contribution in [0.5, 0.6) is 0 Å². The highest BCUT2D eigenvalue weighted by molar-refractivity contribution is 7.26. The summed E-state index contributed by atoms with van der Waals surface area (Å²) in [6, 6.07) is 56.2. The van der Waals surface area contributed by atoms with Crippen LogP contribution in [0.2, 0.25) is 0 Å². The minimum atomic E-state index is 0.824. The van der Waals surface area contributed by atoms with Gasteiger partial charge in [-0.3, -0.25) is 4.57 Å². The predicted octanol–water partition coefficient (Wildman–Crippen LogP) is 11.9. The summed E-state index contributed by atoms with van der Waals surface area (Å²) in [5.74, 6) is 0.824. The Kier molecular flexibility index (Phi) is 5.51. The van der Waals surface area contributed by atoms with Crippen LogP contribution in [0.1, 0.15) is 0 Å². The van der Waals surface area contributed by atoms with Gasteiger partial charge in [0, 0.05) is 53.0 Å². The summed E-state index contributed by atoms with van der Waals surface area (Å²) in [6.45, 7) is 0. The Bertz CT molecular complexity index is 3100. The van der Waals surface area contributed by atoms with E-state index in [4.69, 9.17) is 9.97 Å². The third-order valence-corrected chi connectivity index (χ3v) is 11.1. The Morgan fingerprint density at radius 1 is 0.429 bits per heavy atom. The summed E-state index contributed by atoms with van der Waals surface area (Å²) >= 11 is 1.89. The molecule has 0 saturated heterocycles. The van der Waals surface area contributed by atoms with Gasteiger partial charge in [0.25, 0.3) is 0 Å². The molecule has 0 radical (unpaired) electrons. The molecule has 0 amide bonds. The first-order valence-electron chi connectivity index (χ1n) is 16.5. The van der Waals surface area contributed by atoms with E-state index >= 15 is 0 Å². The van der Waals surface area contributed by atoms with Gasteiger partial charge >= 0.3 is 0 Å². The van der Waals surface area contributed by atoms with Crippen LogP contribution in [0.25, 0.3) is 97.6 Å². The number of aromatic nitrogens is 4. The Balaban J connectivity index is 1.34. The first-order valence-corrected chi connectivity index (χ1v) is 17.3. The maximum atomic E-state index is 5.36. The van der Waals surface area contributed by atoms with Gasteiger partial charge in [0.2, 0.25) is 0 Å². The second-order valence-corrected chi connectivity index (χ2v) is 13.6. The summed E-state index contributed by atoms with van der Waals surface area (Å²) in [4.78, 5) is 10.6. The van der Waals surface area contributed by atoms with Crippen molar-refractivity contribution >= 4 is 86.2 Å². The average Bonchev–Trinajstić information content (AvgIpc) is 3.81. The van der Waals surface area contributed by atoms with Crippen LogP contribution in [-0.2, 0) is 0 Å². The van der Waals surface area contributed by atoms with Gasteiger partial charge < -0.3 is 4.57 Å². The van der Waals surface area contributed by atoms with E-state index in [0.717, 1.165) is 50.3 Å². The van der Waals surface area contributed by atoms with Gasteiger partial charge in [0.05, 0.1) is 33.1 Å². The predicted molar refractivity (Wildman–Crippen MR) is 207 cm³/mol. The molecule has 49 heavy (non-hydrogen) atoms. The zero-order valence-electron chi connectivity index (χ0n) is 26.2. The maximum Gasteiger partial charge on any atom is 0.165 e. The molecule has 0 aliphatic rings. The van der Waals surface area contributed by atoms with Crippen LogP contribution >= 0.6 is 11.3 Å². The van der Waals surface area contributed by atoms with Crippen molar-refractivity contribution in [3.63, 3.8) is 0 Å².